The molecule has 3 amide bonds. The summed E-state index contributed by atoms with van der Waals surface area (Å²) in [4.78, 5) is 47.1. The van der Waals surface area contributed by atoms with Crippen LogP contribution in [0.3, 0.4) is 0 Å². The summed E-state index contributed by atoms with van der Waals surface area (Å²) in [7, 11) is -1.45. The number of likely N-dealkylation sites (tertiary alicyclic amines) is 1. The molecule has 0 radical (unpaired) electrons. The fourth-order valence-electron chi connectivity index (χ4n) is 6.61. The van der Waals surface area contributed by atoms with Gasteiger partial charge in [0.2, 0.25) is 0 Å². The minimum Gasteiger partial charge on any atom is -0.465 e. The average Bonchev–Trinajstić information content (AvgIpc) is 3.60. The maximum atomic E-state index is 14.7. The number of rotatable bonds is 10. The molecule has 0 unspecified atom stereocenters. The lowest BCUT2D eigenvalue weighted by molar-refractivity contribution is -0.137. The summed E-state index contributed by atoms with van der Waals surface area (Å²) in [5, 5.41) is 12.3. The second-order valence-corrected chi connectivity index (χ2v) is 19.3. The third kappa shape index (κ3) is 6.28. The van der Waals surface area contributed by atoms with E-state index in [4.69, 9.17) is 4.74 Å². The van der Waals surface area contributed by atoms with E-state index in [1.807, 2.05) is 0 Å². The van der Waals surface area contributed by atoms with E-state index >= 15 is 0 Å². The van der Waals surface area contributed by atoms with Crippen molar-refractivity contribution in [2.75, 3.05) is 18.5 Å². The number of aromatic nitrogens is 2. The molecule has 4 heterocycles. The molecule has 49 heavy (non-hydrogen) atoms. The van der Waals surface area contributed by atoms with E-state index in [1.165, 1.54) is 15.9 Å². The first-order valence-electron chi connectivity index (χ1n) is 15.7. The molecule has 2 aromatic heterocycles. The zero-order chi connectivity index (χ0) is 35.4. The number of carboxylic acid groups (broad SMARTS) is 1. The number of anilines is 1. The topological polar surface area (TPSA) is 117 Å². The monoisotopic (exact) mass is 697 g/mol. The maximum absolute atomic E-state index is 14.7. The second kappa shape index (κ2) is 12.6. The van der Waals surface area contributed by atoms with Gasteiger partial charge in [0.25, 0.3) is 11.8 Å². The molecule has 0 saturated carbocycles. The minimum absolute atomic E-state index is 0.00510. The van der Waals surface area contributed by atoms with Crippen LogP contribution in [-0.2, 0) is 34.9 Å². The highest BCUT2D eigenvalue weighted by atomic mass is 28.3. The Bertz CT molecular complexity index is 2020. The van der Waals surface area contributed by atoms with E-state index < -0.39 is 54.8 Å². The molecular weight excluding hydrogens is 662 g/mol. The second-order valence-electron chi connectivity index (χ2n) is 13.7. The molecule has 0 bridgehead atoms. The zero-order valence-corrected chi connectivity index (χ0v) is 28.4. The molecule has 2 aliphatic rings. The number of nitrogens with zero attached hydrogens (tertiary/aromatic N) is 4. The first-order valence-corrected chi connectivity index (χ1v) is 19.4. The van der Waals surface area contributed by atoms with E-state index in [0.717, 1.165) is 18.2 Å². The van der Waals surface area contributed by atoms with Gasteiger partial charge in [0.15, 0.2) is 17.2 Å². The summed E-state index contributed by atoms with van der Waals surface area (Å²) in [6.45, 7) is 8.40. The fraction of sp³-hybridized carbons (Fsp3) is 0.353. The Morgan fingerprint density at radius 2 is 1.76 bits per heavy atom. The zero-order valence-electron chi connectivity index (χ0n) is 27.4. The fourth-order valence-corrected chi connectivity index (χ4v) is 7.37. The van der Waals surface area contributed by atoms with Crippen LogP contribution in [0.5, 0.6) is 0 Å². The molecular formula is C34H35F4N5O5Si. The largest absolute Gasteiger partial charge is 0.465 e. The number of carbonyl (C=O) groups excluding carboxylic acids is 2. The van der Waals surface area contributed by atoms with Crippen molar-refractivity contribution in [2.45, 2.75) is 64.4 Å². The van der Waals surface area contributed by atoms with Crippen LogP contribution >= 0.6 is 0 Å². The smallest absolute Gasteiger partial charge is 0.410 e. The quantitative estimate of drug-likeness (QED) is 0.0837. The number of carbonyl (C=O) groups is 3. The maximum Gasteiger partial charge on any atom is 0.410 e. The number of pyridine rings is 1. The van der Waals surface area contributed by atoms with E-state index in [1.54, 1.807) is 23.6 Å². The molecule has 2 aliphatic heterocycles. The molecule has 1 saturated heterocycles. The molecule has 2 aromatic carbocycles. The third-order valence-electron chi connectivity index (χ3n) is 9.13. The molecule has 0 aliphatic carbocycles. The Labute approximate surface area is 280 Å². The number of hydrogen-bond donors (Lipinski definition) is 2. The number of amides is 3. The molecule has 15 heteroatoms. The van der Waals surface area contributed by atoms with Crippen LogP contribution in [0.2, 0.25) is 25.7 Å². The van der Waals surface area contributed by atoms with Crippen molar-refractivity contribution in [3.05, 3.63) is 93.7 Å². The number of ether oxygens (including phenoxy) is 1. The third-order valence-corrected chi connectivity index (χ3v) is 10.8. The first-order chi connectivity index (χ1) is 23.1. The van der Waals surface area contributed by atoms with Crippen LogP contribution in [-0.4, -0.2) is 63.6 Å². The van der Waals surface area contributed by atoms with Gasteiger partial charge in [-0.25, -0.2) is 27.3 Å². The highest BCUT2D eigenvalue weighted by Crippen LogP contribution is 2.48. The van der Waals surface area contributed by atoms with Crippen LogP contribution < -0.4 is 5.32 Å². The van der Waals surface area contributed by atoms with E-state index in [-0.39, 0.29) is 55.3 Å². The standard InChI is InChI=1S/C34H35F4N5O5Si/c1-19-11-29(40-33(46)47)39-30-23(19)14-22(42(30)18-48-9-10-49(2,3)4)17-43-31(44)24-13-21(35)5-6-25(24)34(43)7-8-41(32(34)45)16-20-12-27(37)28(38)15-26(20)36/h5-6,11-15H,7-10,16-18H2,1-4H3,(H,39,40)(H,46,47)/t34-/m0/s1. The highest BCUT2D eigenvalue weighted by molar-refractivity contribution is 6.76. The molecule has 1 spiro atoms. The summed E-state index contributed by atoms with van der Waals surface area (Å²) in [6, 6.07) is 9.00. The van der Waals surface area contributed by atoms with E-state index in [0.29, 0.717) is 41.0 Å². The van der Waals surface area contributed by atoms with Gasteiger partial charge in [-0.05, 0) is 48.9 Å². The lowest BCUT2D eigenvalue weighted by atomic mass is 9.87. The number of aryl methyl sites for hydroxylation is 1. The van der Waals surface area contributed by atoms with E-state index in [9.17, 15) is 37.1 Å². The summed E-state index contributed by atoms with van der Waals surface area (Å²) in [6.07, 6.45) is -1.23. The van der Waals surface area contributed by atoms with Crippen LogP contribution in [0.4, 0.5) is 28.2 Å². The normalized spacial score (nSPS) is 17.6. The van der Waals surface area contributed by atoms with Crippen LogP contribution in [0.15, 0.2) is 42.5 Å². The predicted molar refractivity (Wildman–Crippen MR) is 175 cm³/mol. The summed E-state index contributed by atoms with van der Waals surface area (Å²) < 4.78 is 64.7. The lowest BCUT2D eigenvalue weighted by Gasteiger charge is -2.34. The molecule has 6 rings (SSSR count). The highest BCUT2D eigenvalue weighted by Gasteiger charge is 2.59. The molecule has 1 fully saturated rings. The molecule has 2 N–H and O–H groups in total. The van der Waals surface area contributed by atoms with Gasteiger partial charge >= 0.3 is 6.09 Å². The summed E-state index contributed by atoms with van der Waals surface area (Å²) in [5.74, 6) is -5.39. The number of fused-ring (bicyclic) bond motifs is 3. The Morgan fingerprint density at radius 3 is 2.47 bits per heavy atom. The number of halogens is 4. The van der Waals surface area contributed by atoms with Crippen molar-refractivity contribution >= 4 is 42.8 Å². The average molecular weight is 698 g/mol. The molecule has 4 aromatic rings. The van der Waals surface area contributed by atoms with Crippen molar-refractivity contribution in [1.29, 1.82) is 0 Å². The number of nitrogens with one attached hydrogen (secondary N) is 1. The van der Waals surface area contributed by atoms with Gasteiger partial charge in [0.05, 0.1) is 6.54 Å². The van der Waals surface area contributed by atoms with Gasteiger partial charge in [-0.3, -0.25) is 14.9 Å². The van der Waals surface area contributed by atoms with Gasteiger partial charge in [-0.2, -0.15) is 0 Å². The molecule has 1 atom stereocenters. The van der Waals surface area contributed by atoms with Crippen LogP contribution in [0.1, 0.15) is 39.2 Å². The Hall–Kier alpha value is -4.76. The van der Waals surface area contributed by atoms with Gasteiger partial charge in [0.1, 0.15) is 29.8 Å². The van der Waals surface area contributed by atoms with Crippen molar-refractivity contribution in [2.24, 2.45) is 0 Å². The number of benzene rings is 2. The van der Waals surface area contributed by atoms with Crippen LogP contribution in [0.25, 0.3) is 11.0 Å². The summed E-state index contributed by atoms with van der Waals surface area (Å²) in [5.41, 5.74) is 0.0593. The number of hydrogen-bond acceptors (Lipinski definition) is 5. The summed E-state index contributed by atoms with van der Waals surface area (Å²) >= 11 is 0. The van der Waals surface area contributed by atoms with Gasteiger partial charge in [-0.15, -0.1) is 0 Å². The molecule has 10 nitrogen and oxygen atoms in total. The lowest BCUT2D eigenvalue weighted by Crippen LogP contribution is -2.49. The first kappa shape index (κ1) is 34.1. The minimum atomic E-state index is -1.60. The molecule has 258 valence electrons. The van der Waals surface area contributed by atoms with E-state index in [2.05, 4.69) is 29.9 Å². The Kier molecular flexibility index (Phi) is 8.77. The van der Waals surface area contributed by atoms with Crippen molar-refractivity contribution in [3.8, 4) is 0 Å². The van der Waals surface area contributed by atoms with Gasteiger partial charge in [-0.1, -0.05) is 25.7 Å². The predicted octanol–water partition coefficient (Wildman–Crippen LogP) is 6.59. The Balaban J connectivity index is 1.41. The SMILES string of the molecule is Cc1cc(NC(=O)O)nc2c1cc(CN1C(=O)c3cc(F)ccc3[C@]13CCN(Cc1cc(F)c(F)cc1F)C3=O)n2COCC[Si](C)(C)C. The van der Waals surface area contributed by atoms with Crippen molar-refractivity contribution in [1.82, 2.24) is 19.4 Å². The van der Waals surface area contributed by atoms with Gasteiger partial charge in [0, 0.05) is 68.0 Å². The van der Waals surface area contributed by atoms with Crippen molar-refractivity contribution < 1.29 is 41.8 Å². The van der Waals surface area contributed by atoms with Gasteiger partial charge < -0.3 is 24.2 Å². The van der Waals surface area contributed by atoms with Crippen LogP contribution in [0, 0.1) is 30.2 Å². The Morgan fingerprint density at radius 1 is 1.02 bits per heavy atom. The van der Waals surface area contributed by atoms with Crippen molar-refractivity contribution in [3.63, 3.8) is 0 Å².